The molecular weight excluding hydrogens is 136 g/mol. The van der Waals surface area contributed by atoms with Crippen LogP contribution < -0.4 is 0 Å². The minimum Gasteiger partial charge on any atom is -0.393 e. The van der Waals surface area contributed by atoms with Crippen molar-refractivity contribution in [1.29, 1.82) is 0 Å². The van der Waals surface area contributed by atoms with E-state index in [1.807, 2.05) is 0 Å². The van der Waals surface area contributed by atoms with E-state index < -0.39 is 0 Å². The van der Waals surface area contributed by atoms with E-state index in [4.69, 9.17) is 0 Å². The molecule has 1 nitrogen and oxygen atoms in total. The molecule has 1 saturated carbocycles. The normalized spacial score (nSPS) is 38.7. The lowest BCUT2D eigenvalue weighted by molar-refractivity contribution is 0.207. The zero-order valence-corrected chi connectivity index (χ0v) is 7.93. The first kappa shape index (κ1) is 9.05. The van der Waals surface area contributed by atoms with E-state index in [2.05, 4.69) is 20.8 Å². The van der Waals surface area contributed by atoms with Crippen LogP contribution in [0.15, 0.2) is 0 Å². The first-order chi connectivity index (χ1) is 5.08. The molecule has 0 aromatic heterocycles. The Kier molecular flexibility index (Phi) is 2.58. The summed E-state index contributed by atoms with van der Waals surface area (Å²) in [6.07, 6.45) is 4.82. The van der Waals surface area contributed by atoms with E-state index in [1.165, 1.54) is 19.3 Å². The molecular formula is C10H20O. The predicted octanol–water partition coefficient (Wildman–Crippen LogP) is 2.58. The van der Waals surface area contributed by atoms with Gasteiger partial charge in [0.25, 0.3) is 0 Å². The Bertz CT molecular complexity index is 133. The second-order valence-corrected chi connectivity index (χ2v) is 4.47. The van der Waals surface area contributed by atoms with E-state index in [0.717, 1.165) is 12.3 Å². The van der Waals surface area contributed by atoms with Crippen molar-refractivity contribution in [3.05, 3.63) is 0 Å². The minimum atomic E-state index is 0.00167. The van der Waals surface area contributed by atoms with E-state index in [-0.39, 0.29) is 11.5 Å². The molecule has 3 atom stereocenters. The molecule has 1 N–H and O–H groups in total. The third kappa shape index (κ3) is 2.19. The summed E-state index contributed by atoms with van der Waals surface area (Å²) in [5.41, 5.74) is 0.286. The first-order valence-electron chi connectivity index (χ1n) is 4.76. The summed E-state index contributed by atoms with van der Waals surface area (Å²) in [6.45, 7) is 6.71. The maximum Gasteiger partial charge on any atom is 0.0601 e. The molecule has 0 aromatic carbocycles. The van der Waals surface area contributed by atoms with Crippen LogP contribution in [0.5, 0.6) is 0 Å². The van der Waals surface area contributed by atoms with Crippen LogP contribution in [0.4, 0.5) is 0 Å². The summed E-state index contributed by atoms with van der Waals surface area (Å²) < 4.78 is 0. The predicted molar refractivity (Wildman–Crippen MR) is 47.4 cm³/mol. The van der Waals surface area contributed by atoms with Crippen molar-refractivity contribution < 1.29 is 5.11 Å². The van der Waals surface area contributed by atoms with Gasteiger partial charge in [-0.1, -0.05) is 33.6 Å². The number of aliphatic hydroxyl groups is 1. The minimum absolute atomic E-state index is 0.00167. The molecule has 3 unspecified atom stereocenters. The molecule has 0 heterocycles. The molecule has 0 aliphatic heterocycles. The Balaban J connectivity index is 2.20. The third-order valence-corrected chi connectivity index (χ3v) is 2.90. The average Bonchev–Trinajstić information content (AvgIpc) is 2.39. The van der Waals surface area contributed by atoms with Gasteiger partial charge in [0, 0.05) is 0 Å². The van der Waals surface area contributed by atoms with Crippen molar-refractivity contribution in [3.8, 4) is 0 Å². The summed E-state index contributed by atoms with van der Waals surface area (Å²) in [5.74, 6) is 0.794. The van der Waals surface area contributed by atoms with Gasteiger partial charge >= 0.3 is 0 Å². The van der Waals surface area contributed by atoms with Gasteiger partial charge in [0.05, 0.1) is 6.10 Å². The van der Waals surface area contributed by atoms with Crippen LogP contribution in [0, 0.1) is 11.3 Å². The lowest BCUT2D eigenvalue weighted by Gasteiger charge is -2.15. The monoisotopic (exact) mass is 156 g/mol. The van der Waals surface area contributed by atoms with E-state index in [9.17, 15) is 5.11 Å². The fraction of sp³-hybridized carbons (Fsp3) is 1.00. The van der Waals surface area contributed by atoms with Crippen molar-refractivity contribution in [2.45, 2.75) is 52.6 Å². The van der Waals surface area contributed by atoms with Crippen LogP contribution in [0.1, 0.15) is 46.5 Å². The third-order valence-electron chi connectivity index (χ3n) is 2.90. The van der Waals surface area contributed by atoms with Crippen LogP contribution in [-0.4, -0.2) is 11.2 Å². The van der Waals surface area contributed by atoms with Gasteiger partial charge in [0.2, 0.25) is 0 Å². The fourth-order valence-electron chi connectivity index (χ4n) is 1.99. The highest BCUT2D eigenvalue weighted by molar-refractivity contribution is 4.99. The van der Waals surface area contributed by atoms with Crippen LogP contribution >= 0.6 is 0 Å². The standard InChI is InChI=1S/C10H20O/c1-4-5-8(2)6-10(3)7-9(10)11/h8-9,11H,4-7H2,1-3H3. The zero-order valence-electron chi connectivity index (χ0n) is 7.93. The molecule has 66 valence electrons. The molecule has 0 radical (unpaired) electrons. The molecule has 0 spiro atoms. The largest absolute Gasteiger partial charge is 0.393 e. The van der Waals surface area contributed by atoms with Gasteiger partial charge in [-0.05, 0) is 24.2 Å². The summed E-state index contributed by atoms with van der Waals surface area (Å²) in [4.78, 5) is 0. The van der Waals surface area contributed by atoms with E-state index in [0.29, 0.717) is 0 Å². The summed E-state index contributed by atoms with van der Waals surface area (Å²) >= 11 is 0. The van der Waals surface area contributed by atoms with Gasteiger partial charge in [0.15, 0.2) is 0 Å². The second-order valence-electron chi connectivity index (χ2n) is 4.47. The van der Waals surface area contributed by atoms with Crippen LogP contribution in [0.2, 0.25) is 0 Å². The van der Waals surface area contributed by atoms with Crippen molar-refractivity contribution in [2.24, 2.45) is 11.3 Å². The fourth-order valence-corrected chi connectivity index (χ4v) is 1.99. The number of rotatable bonds is 4. The Labute approximate surface area is 69.8 Å². The van der Waals surface area contributed by atoms with Gasteiger partial charge in [-0.2, -0.15) is 0 Å². The van der Waals surface area contributed by atoms with Crippen molar-refractivity contribution in [1.82, 2.24) is 0 Å². The Hall–Kier alpha value is -0.0400. The lowest BCUT2D eigenvalue weighted by atomic mass is 9.91. The first-order valence-corrected chi connectivity index (χ1v) is 4.76. The maximum atomic E-state index is 9.30. The molecule has 0 aromatic rings. The molecule has 1 heteroatoms. The topological polar surface area (TPSA) is 20.2 Å². The number of hydrogen-bond acceptors (Lipinski definition) is 1. The smallest absolute Gasteiger partial charge is 0.0601 e. The highest BCUT2D eigenvalue weighted by Crippen LogP contribution is 2.50. The Morgan fingerprint density at radius 2 is 2.18 bits per heavy atom. The molecule has 11 heavy (non-hydrogen) atoms. The van der Waals surface area contributed by atoms with Crippen molar-refractivity contribution in [2.75, 3.05) is 0 Å². The van der Waals surface area contributed by atoms with Gasteiger partial charge in [0.1, 0.15) is 0 Å². The highest BCUT2D eigenvalue weighted by atomic mass is 16.3. The molecule has 0 saturated heterocycles. The van der Waals surface area contributed by atoms with Gasteiger partial charge in [-0.15, -0.1) is 0 Å². The maximum absolute atomic E-state index is 9.30. The Morgan fingerprint density at radius 3 is 2.55 bits per heavy atom. The number of hydrogen-bond donors (Lipinski definition) is 1. The summed E-state index contributed by atoms with van der Waals surface area (Å²) in [5, 5.41) is 9.30. The van der Waals surface area contributed by atoms with Gasteiger partial charge < -0.3 is 5.11 Å². The Morgan fingerprint density at radius 1 is 1.64 bits per heavy atom. The molecule has 0 bridgehead atoms. The van der Waals surface area contributed by atoms with Crippen LogP contribution in [0.25, 0.3) is 0 Å². The lowest BCUT2D eigenvalue weighted by Crippen LogP contribution is -2.07. The van der Waals surface area contributed by atoms with Crippen LogP contribution in [-0.2, 0) is 0 Å². The molecule has 1 aliphatic carbocycles. The van der Waals surface area contributed by atoms with E-state index >= 15 is 0 Å². The number of aliphatic hydroxyl groups excluding tert-OH is 1. The molecule has 1 aliphatic rings. The zero-order chi connectivity index (χ0) is 8.48. The highest BCUT2D eigenvalue weighted by Gasteiger charge is 2.49. The molecule has 1 fully saturated rings. The van der Waals surface area contributed by atoms with Crippen molar-refractivity contribution in [3.63, 3.8) is 0 Å². The van der Waals surface area contributed by atoms with E-state index in [1.54, 1.807) is 0 Å². The van der Waals surface area contributed by atoms with Crippen molar-refractivity contribution >= 4 is 0 Å². The quantitative estimate of drug-likeness (QED) is 0.663. The average molecular weight is 156 g/mol. The summed E-state index contributed by atoms with van der Waals surface area (Å²) in [7, 11) is 0. The van der Waals surface area contributed by atoms with Gasteiger partial charge in [-0.3, -0.25) is 0 Å². The SMILES string of the molecule is CCCC(C)CC1(C)CC1O. The summed E-state index contributed by atoms with van der Waals surface area (Å²) in [6, 6.07) is 0. The molecule has 0 amide bonds. The van der Waals surface area contributed by atoms with Gasteiger partial charge in [-0.25, -0.2) is 0 Å². The van der Waals surface area contributed by atoms with Crippen LogP contribution in [0.3, 0.4) is 0 Å². The second kappa shape index (κ2) is 3.14. The molecule has 1 rings (SSSR count).